The lowest BCUT2D eigenvalue weighted by molar-refractivity contribution is -0.137. The SMILES string of the molecule is CC(C)[C@H](NCCNC(=O)CCOCCOCCOCCOCCNC(=O)CCN1C(=O)C=CC1=O)C(=O)N[C@@H](CCCNC(N)=O)C(=O)Nc1ccc(C(=O)N2CCc3c2ccc2[nH]c(C(=O)N4C[C@@H](CBr)c5c4cc(OC(=O)N4CCN(C)CC4)c4ccccc54)cc32)cc1. The van der Waals surface area contributed by atoms with Gasteiger partial charge in [-0.05, 0) is 91.2 Å². The number of aromatic amines is 1. The Balaban J connectivity index is 0.698. The molecule has 97 heavy (non-hydrogen) atoms. The van der Waals surface area contributed by atoms with Crippen molar-refractivity contribution in [1.29, 1.82) is 0 Å². The molecule has 0 saturated carbocycles. The third kappa shape index (κ3) is 19.5. The molecule has 1 fully saturated rings. The van der Waals surface area contributed by atoms with Crippen LogP contribution < -0.4 is 52.2 Å². The highest BCUT2D eigenvalue weighted by molar-refractivity contribution is 9.09. The number of piperazine rings is 1. The van der Waals surface area contributed by atoms with E-state index < -0.39 is 47.8 Å². The number of aromatic nitrogens is 1. The molecule has 9 rings (SSSR count). The van der Waals surface area contributed by atoms with Crippen LogP contribution in [0.4, 0.5) is 26.7 Å². The molecular formula is C68H86BrN13O15. The number of likely N-dealkylation sites (N-methyl/N-ethyl adjacent to an activating group) is 1. The number of imide groups is 1. The molecule has 4 aliphatic rings. The lowest BCUT2D eigenvalue weighted by Gasteiger charge is -2.31. The van der Waals surface area contributed by atoms with Gasteiger partial charge in [-0.3, -0.25) is 43.3 Å². The van der Waals surface area contributed by atoms with Crippen LogP contribution in [0.2, 0.25) is 0 Å². The van der Waals surface area contributed by atoms with E-state index in [2.05, 4.69) is 57.7 Å². The molecule has 3 atom stereocenters. The number of rotatable bonds is 35. The van der Waals surface area contributed by atoms with Crippen molar-refractivity contribution >= 4 is 114 Å². The second-order valence-corrected chi connectivity index (χ2v) is 24.9. The number of fused-ring (bicyclic) bond motifs is 6. The molecule has 4 aliphatic heterocycles. The van der Waals surface area contributed by atoms with Crippen LogP contribution in [0.25, 0.3) is 21.7 Å². The van der Waals surface area contributed by atoms with Crippen molar-refractivity contribution in [3.63, 3.8) is 0 Å². The van der Waals surface area contributed by atoms with Gasteiger partial charge >= 0.3 is 12.1 Å². The minimum atomic E-state index is -1.03. The van der Waals surface area contributed by atoms with Crippen molar-refractivity contribution in [2.24, 2.45) is 11.7 Å². The molecule has 0 bridgehead atoms. The Labute approximate surface area is 570 Å². The van der Waals surface area contributed by atoms with Crippen molar-refractivity contribution in [3.05, 3.63) is 107 Å². The average Bonchev–Trinajstić information content (AvgIpc) is 1.62. The van der Waals surface area contributed by atoms with Gasteiger partial charge in [-0.15, -0.1) is 0 Å². The Bertz CT molecular complexity index is 3670. The second-order valence-electron chi connectivity index (χ2n) is 24.2. The summed E-state index contributed by atoms with van der Waals surface area (Å²) in [6, 6.07) is 19.2. The Kier molecular flexibility index (Phi) is 26.4. The first kappa shape index (κ1) is 72.4. The van der Waals surface area contributed by atoms with E-state index in [1.807, 2.05) is 69.4 Å². The first-order chi connectivity index (χ1) is 46.9. The molecule has 29 heteroatoms. The molecular weight excluding hydrogens is 1320 g/mol. The summed E-state index contributed by atoms with van der Waals surface area (Å²) in [6.45, 7) is 10.3. The monoisotopic (exact) mass is 1400 g/mol. The Morgan fingerprint density at radius 3 is 2.01 bits per heavy atom. The minimum absolute atomic E-state index is 0.00680. The van der Waals surface area contributed by atoms with Gasteiger partial charge in [0.15, 0.2) is 0 Å². The van der Waals surface area contributed by atoms with E-state index >= 15 is 0 Å². The van der Waals surface area contributed by atoms with Crippen molar-refractivity contribution in [2.45, 2.75) is 64.0 Å². The summed E-state index contributed by atoms with van der Waals surface area (Å²) in [7, 11) is 2.02. The average molecular weight is 1410 g/mol. The van der Waals surface area contributed by atoms with Gasteiger partial charge in [-0.2, -0.15) is 0 Å². The first-order valence-electron chi connectivity index (χ1n) is 32.8. The van der Waals surface area contributed by atoms with Crippen molar-refractivity contribution < 1.29 is 71.6 Å². The number of anilines is 3. The summed E-state index contributed by atoms with van der Waals surface area (Å²) < 4.78 is 28.1. The zero-order valence-electron chi connectivity index (χ0n) is 54.9. The quantitative estimate of drug-likeness (QED) is 0.0162. The maximum absolute atomic E-state index is 14.7. The second kappa shape index (κ2) is 35.4. The zero-order chi connectivity index (χ0) is 69.0. The lowest BCUT2D eigenvalue weighted by atomic mass is 9.95. The predicted octanol–water partition coefficient (Wildman–Crippen LogP) is 3.90. The molecule has 0 aliphatic carbocycles. The molecule has 0 spiro atoms. The number of nitrogens with two attached hydrogens (primary N) is 1. The van der Waals surface area contributed by atoms with Crippen LogP contribution in [0.3, 0.4) is 0 Å². The summed E-state index contributed by atoms with van der Waals surface area (Å²) in [5.41, 5.74) is 10.5. The fourth-order valence-corrected chi connectivity index (χ4v) is 12.5. The molecule has 5 heterocycles. The largest absolute Gasteiger partial charge is 0.415 e. The van der Waals surface area contributed by atoms with E-state index in [0.717, 1.165) is 50.8 Å². The molecule has 1 aromatic heterocycles. The van der Waals surface area contributed by atoms with Crippen LogP contribution in [-0.2, 0) is 54.1 Å². The topological polar surface area (TPSA) is 347 Å². The third-order valence-electron chi connectivity index (χ3n) is 17.1. The number of carbonyl (C=O) groups is 10. The highest BCUT2D eigenvalue weighted by Crippen LogP contribution is 2.47. The molecule has 0 unspecified atom stereocenters. The molecule has 0 radical (unpaired) electrons. The normalized spacial score (nSPS) is 15.8. The fraction of sp³-hybridized carbons (Fsp3) is 0.471. The number of halogens is 1. The maximum atomic E-state index is 14.7. The maximum Gasteiger partial charge on any atom is 0.415 e. The summed E-state index contributed by atoms with van der Waals surface area (Å²) in [6.07, 6.45) is 3.02. The summed E-state index contributed by atoms with van der Waals surface area (Å²) in [4.78, 5) is 141. The number of hydrogen-bond acceptors (Lipinski definition) is 17. The van der Waals surface area contributed by atoms with Gasteiger partial charge < -0.3 is 85.9 Å². The van der Waals surface area contributed by atoms with Gasteiger partial charge in [-0.1, -0.05) is 54.0 Å². The summed E-state index contributed by atoms with van der Waals surface area (Å²) in [5.74, 6) is -2.73. The molecule has 1 saturated heterocycles. The number of alkyl halides is 1. The van der Waals surface area contributed by atoms with Crippen LogP contribution in [-0.4, -0.2) is 228 Å². The number of ether oxygens (including phenoxy) is 5. The minimum Gasteiger partial charge on any atom is -0.409 e. The van der Waals surface area contributed by atoms with Gasteiger partial charge in [0.2, 0.25) is 23.6 Å². The van der Waals surface area contributed by atoms with Gasteiger partial charge in [0.25, 0.3) is 23.6 Å². The van der Waals surface area contributed by atoms with Gasteiger partial charge in [0.05, 0.1) is 64.6 Å². The third-order valence-corrected chi connectivity index (χ3v) is 17.9. The molecule has 520 valence electrons. The standard InChI is InChI=1S/C68H86BrN13O15/c1-43(2)62(73-23-22-71-58(84)20-31-93-33-35-95-37-38-96-36-34-94-32-24-72-57(83)19-26-81-59(85)16-17-60(81)86)64(88)77-52(9-6-21-74-67(70)91)63(87)75-46-12-10-44(11-13-46)65(89)80-25-18-47-50-39-53(76-51(50)14-15-54(47)80)66(90)82-42-45(41-69)61-49-8-5-4-7-48(49)56(40-55(61)82)97-68(92)79-29-27-78(3)28-30-79/h4-5,7-8,10-17,39-40,43,45,52,62,73,76H,6,9,18-38,41-42H2,1-3H3,(H,71,84)(H,72,83)(H,75,87)(H,77,88)(H3,70,74,91)/t45-,52+,62+/m1/s1. The number of urea groups is 1. The predicted molar refractivity (Wildman–Crippen MR) is 366 cm³/mol. The van der Waals surface area contributed by atoms with E-state index in [0.29, 0.717) is 111 Å². The van der Waals surface area contributed by atoms with E-state index in [1.165, 1.54) is 12.2 Å². The Morgan fingerprint density at radius 1 is 0.670 bits per heavy atom. The number of benzene rings is 4. The smallest absolute Gasteiger partial charge is 0.409 e. The Morgan fingerprint density at radius 2 is 1.33 bits per heavy atom. The molecule has 4 aromatic carbocycles. The van der Waals surface area contributed by atoms with E-state index in [4.69, 9.17) is 29.4 Å². The highest BCUT2D eigenvalue weighted by atomic mass is 79.9. The van der Waals surface area contributed by atoms with Crippen molar-refractivity contribution in [3.8, 4) is 5.75 Å². The number of carbonyl (C=O) groups excluding carboxylic acids is 10. The van der Waals surface area contributed by atoms with E-state index in [9.17, 15) is 47.9 Å². The summed E-state index contributed by atoms with van der Waals surface area (Å²) >= 11 is 3.71. The number of hydrogen-bond donors (Lipinski definition) is 8. The number of amides is 11. The van der Waals surface area contributed by atoms with Gasteiger partial charge in [-0.25, -0.2) is 9.59 Å². The van der Waals surface area contributed by atoms with Crippen LogP contribution in [0, 0.1) is 5.92 Å². The van der Waals surface area contributed by atoms with E-state index in [-0.39, 0.29) is 107 Å². The van der Waals surface area contributed by atoms with Crippen LogP contribution in [0.15, 0.2) is 84.9 Å². The number of H-pyrrole nitrogens is 1. The molecule has 28 nitrogen and oxygen atoms in total. The lowest BCUT2D eigenvalue weighted by Crippen LogP contribution is -2.54. The molecule has 9 N–H and O–H groups in total. The van der Waals surface area contributed by atoms with Crippen molar-refractivity contribution in [2.75, 3.05) is 152 Å². The number of nitrogens with one attached hydrogen (secondary N) is 7. The van der Waals surface area contributed by atoms with Gasteiger partial charge in [0, 0.05) is 148 Å². The van der Waals surface area contributed by atoms with Crippen LogP contribution in [0.1, 0.15) is 77.4 Å². The number of primary amides is 1. The first-order valence-corrected chi connectivity index (χ1v) is 33.9. The molecule has 5 aromatic rings. The molecule has 11 amide bonds. The van der Waals surface area contributed by atoms with Crippen molar-refractivity contribution in [1.82, 2.24) is 46.3 Å². The highest BCUT2D eigenvalue weighted by Gasteiger charge is 2.37. The fourth-order valence-electron chi connectivity index (χ4n) is 12.0. The van der Waals surface area contributed by atoms with Gasteiger partial charge in [0.1, 0.15) is 17.5 Å². The summed E-state index contributed by atoms with van der Waals surface area (Å²) in [5, 5.41) is 20.1. The Hall–Kier alpha value is -8.84. The number of nitrogens with zero attached hydrogens (tertiary/aromatic N) is 5. The van der Waals surface area contributed by atoms with E-state index in [1.54, 1.807) is 39.0 Å². The van der Waals surface area contributed by atoms with Crippen LogP contribution in [0.5, 0.6) is 5.75 Å². The van der Waals surface area contributed by atoms with Crippen LogP contribution >= 0.6 is 15.9 Å². The zero-order valence-corrected chi connectivity index (χ0v) is 56.5.